The molecule has 0 saturated carbocycles. The van der Waals surface area contributed by atoms with E-state index in [-0.39, 0.29) is 16.9 Å². The zero-order valence-corrected chi connectivity index (χ0v) is 17.2. The highest BCUT2D eigenvalue weighted by Gasteiger charge is 2.16. The Morgan fingerprint density at radius 1 is 1.14 bits per heavy atom. The van der Waals surface area contributed by atoms with Crippen LogP contribution in [0.4, 0.5) is 11.5 Å². The van der Waals surface area contributed by atoms with Crippen LogP contribution in [0.15, 0.2) is 24.5 Å². The average Bonchev–Trinajstić information content (AvgIpc) is 2.75. The predicted molar refractivity (Wildman–Crippen MR) is 111 cm³/mol. The van der Waals surface area contributed by atoms with Crippen LogP contribution in [0, 0.1) is 11.3 Å². The molecule has 0 amide bonds. The van der Waals surface area contributed by atoms with Crippen LogP contribution in [-0.4, -0.2) is 41.7 Å². The molecule has 29 heavy (non-hydrogen) atoms. The first kappa shape index (κ1) is 20.7. The summed E-state index contributed by atoms with van der Waals surface area (Å²) in [6.45, 7) is 0.446. The molecule has 3 rings (SSSR count). The highest BCUT2D eigenvalue weighted by atomic mass is 35.5. The number of nitrogens with zero attached hydrogens (tertiary/aromatic N) is 4. The smallest absolute Gasteiger partial charge is 0.234 e. The number of benzene rings is 1. The van der Waals surface area contributed by atoms with E-state index in [1.54, 1.807) is 12.1 Å². The molecule has 0 saturated heterocycles. The minimum absolute atomic E-state index is 0.132. The molecule has 0 bridgehead atoms. The van der Waals surface area contributed by atoms with E-state index in [2.05, 4.69) is 26.3 Å². The van der Waals surface area contributed by atoms with Gasteiger partial charge in [0.05, 0.1) is 43.8 Å². The quantitative estimate of drug-likeness (QED) is 0.413. The molecule has 2 heterocycles. The van der Waals surface area contributed by atoms with Gasteiger partial charge in [-0.25, -0.2) is 4.98 Å². The van der Waals surface area contributed by atoms with Crippen LogP contribution in [0.25, 0.3) is 10.9 Å². The average molecular weight is 434 g/mol. The summed E-state index contributed by atoms with van der Waals surface area (Å²) >= 11 is 11.9. The maximum atomic E-state index is 9.56. The molecule has 1 N–H and O–H groups in total. The van der Waals surface area contributed by atoms with Crippen LogP contribution in [0.2, 0.25) is 5.15 Å². The summed E-state index contributed by atoms with van der Waals surface area (Å²) in [6.07, 6.45) is 3.56. The molecular weight excluding hydrogens is 417 g/mol. The summed E-state index contributed by atoms with van der Waals surface area (Å²) in [5, 5.41) is 13.4. The van der Waals surface area contributed by atoms with Crippen molar-refractivity contribution in [3.05, 3.63) is 35.2 Å². The summed E-state index contributed by atoms with van der Waals surface area (Å²) in [5.41, 5.74) is 1.36. The number of nitrogens with one attached hydrogen (secondary N) is 1. The van der Waals surface area contributed by atoms with E-state index in [4.69, 9.17) is 37.4 Å². The number of halogens is 2. The summed E-state index contributed by atoms with van der Waals surface area (Å²) in [4.78, 5) is 12.6. The van der Waals surface area contributed by atoms with Gasteiger partial charge in [-0.2, -0.15) is 10.2 Å². The number of rotatable bonds is 8. The second kappa shape index (κ2) is 9.45. The predicted octanol–water partition coefficient (Wildman–Crippen LogP) is 4.32. The molecule has 0 aliphatic rings. The van der Waals surface area contributed by atoms with E-state index < -0.39 is 0 Å². The van der Waals surface area contributed by atoms with Crippen molar-refractivity contribution in [3.63, 3.8) is 0 Å². The molecule has 0 fully saturated rings. The van der Waals surface area contributed by atoms with E-state index in [1.807, 2.05) is 0 Å². The highest BCUT2D eigenvalue weighted by Crippen LogP contribution is 2.37. The number of hydrogen-bond acceptors (Lipinski definition) is 8. The normalized spacial score (nSPS) is 10.4. The van der Waals surface area contributed by atoms with Gasteiger partial charge < -0.3 is 19.5 Å². The molecule has 0 spiro atoms. The van der Waals surface area contributed by atoms with Crippen LogP contribution in [0.5, 0.6) is 17.4 Å². The SMILES string of the molecule is COc1cnc(Cl)c(Nc2c(C#N)cnc3cc(OCCCCl)c(OC)cc23)n1. The summed E-state index contributed by atoms with van der Waals surface area (Å²) in [7, 11) is 3.01. The molecular formula is C19H17Cl2N5O3. The number of nitriles is 1. The number of hydrogen-bond donors (Lipinski definition) is 1. The molecule has 8 nitrogen and oxygen atoms in total. The summed E-state index contributed by atoms with van der Waals surface area (Å²) < 4.78 is 16.3. The van der Waals surface area contributed by atoms with Crippen LogP contribution in [-0.2, 0) is 0 Å². The van der Waals surface area contributed by atoms with Crippen molar-refractivity contribution in [2.45, 2.75) is 6.42 Å². The van der Waals surface area contributed by atoms with Crippen molar-refractivity contribution in [2.75, 3.05) is 32.0 Å². The van der Waals surface area contributed by atoms with Crippen LogP contribution in [0.3, 0.4) is 0 Å². The molecule has 0 unspecified atom stereocenters. The first-order chi connectivity index (χ1) is 14.1. The van der Waals surface area contributed by atoms with E-state index >= 15 is 0 Å². The number of ether oxygens (including phenoxy) is 3. The van der Waals surface area contributed by atoms with Crippen molar-refractivity contribution in [1.82, 2.24) is 15.0 Å². The largest absolute Gasteiger partial charge is 0.493 e. The molecule has 1 aromatic carbocycles. The van der Waals surface area contributed by atoms with Gasteiger partial charge in [-0.3, -0.25) is 4.98 Å². The minimum Gasteiger partial charge on any atom is -0.493 e. The fourth-order valence-electron chi connectivity index (χ4n) is 2.58. The maximum Gasteiger partial charge on any atom is 0.234 e. The Bertz CT molecular complexity index is 1070. The van der Waals surface area contributed by atoms with Crippen molar-refractivity contribution >= 4 is 45.6 Å². The molecule has 2 aromatic heterocycles. The van der Waals surface area contributed by atoms with Crippen LogP contribution < -0.4 is 19.5 Å². The van der Waals surface area contributed by atoms with Crippen LogP contribution in [0.1, 0.15) is 12.0 Å². The van der Waals surface area contributed by atoms with E-state index in [0.717, 1.165) is 0 Å². The molecule has 0 aliphatic carbocycles. The number of pyridine rings is 1. The Labute approximate surface area is 177 Å². The number of alkyl halides is 1. The Kier molecular flexibility index (Phi) is 6.75. The Morgan fingerprint density at radius 3 is 2.66 bits per heavy atom. The molecule has 0 atom stereocenters. The van der Waals surface area contributed by atoms with E-state index in [1.165, 1.54) is 26.6 Å². The van der Waals surface area contributed by atoms with Crippen molar-refractivity contribution in [2.24, 2.45) is 0 Å². The topological polar surface area (TPSA) is 102 Å². The van der Waals surface area contributed by atoms with E-state index in [9.17, 15) is 5.26 Å². The number of anilines is 2. The second-order valence-corrected chi connectivity index (χ2v) is 6.48. The Hall–Kier alpha value is -3.02. The van der Waals surface area contributed by atoms with Gasteiger partial charge in [-0.05, 0) is 12.5 Å². The van der Waals surface area contributed by atoms with Gasteiger partial charge in [0.25, 0.3) is 0 Å². The van der Waals surface area contributed by atoms with Gasteiger partial charge in [0.1, 0.15) is 6.07 Å². The lowest BCUT2D eigenvalue weighted by Crippen LogP contribution is -2.03. The van der Waals surface area contributed by atoms with Crippen molar-refractivity contribution < 1.29 is 14.2 Å². The second-order valence-electron chi connectivity index (χ2n) is 5.75. The molecule has 150 valence electrons. The Morgan fingerprint density at radius 2 is 1.97 bits per heavy atom. The lowest BCUT2D eigenvalue weighted by molar-refractivity contribution is 0.295. The zero-order valence-electron chi connectivity index (χ0n) is 15.7. The van der Waals surface area contributed by atoms with Gasteiger partial charge in [0.15, 0.2) is 22.5 Å². The lowest BCUT2D eigenvalue weighted by atomic mass is 10.1. The highest BCUT2D eigenvalue weighted by molar-refractivity contribution is 6.31. The van der Waals surface area contributed by atoms with Gasteiger partial charge in [0.2, 0.25) is 5.88 Å². The first-order valence-corrected chi connectivity index (χ1v) is 9.45. The molecule has 3 aromatic rings. The van der Waals surface area contributed by atoms with Gasteiger partial charge in [0, 0.05) is 23.5 Å². The fraction of sp³-hybridized carbons (Fsp3) is 0.263. The molecule has 0 radical (unpaired) electrons. The van der Waals surface area contributed by atoms with Crippen molar-refractivity contribution in [3.8, 4) is 23.4 Å². The fourth-order valence-corrected chi connectivity index (χ4v) is 2.83. The molecule has 0 aliphatic heterocycles. The van der Waals surface area contributed by atoms with Gasteiger partial charge in [-0.1, -0.05) is 11.6 Å². The number of fused-ring (bicyclic) bond motifs is 1. The standard InChI is InChI=1S/C19H17Cl2N5O3/c1-27-14-6-12-13(7-15(14)29-5-3-4-20)23-9-11(8-22)17(12)26-19-18(21)24-10-16(25-19)28-2/h6-7,9-10H,3-5H2,1-2H3,(H,23,25,26). The lowest BCUT2D eigenvalue weighted by Gasteiger charge is -2.15. The third kappa shape index (κ3) is 4.53. The zero-order chi connectivity index (χ0) is 20.8. The summed E-state index contributed by atoms with van der Waals surface area (Å²) in [5.74, 6) is 2.05. The van der Waals surface area contributed by atoms with Gasteiger partial charge >= 0.3 is 0 Å². The Balaban J connectivity index is 2.11. The van der Waals surface area contributed by atoms with Crippen molar-refractivity contribution in [1.29, 1.82) is 5.26 Å². The monoisotopic (exact) mass is 433 g/mol. The minimum atomic E-state index is 0.132. The third-order valence-corrected chi connectivity index (χ3v) is 4.51. The first-order valence-electron chi connectivity index (χ1n) is 8.54. The maximum absolute atomic E-state index is 9.56. The third-order valence-electron chi connectivity index (χ3n) is 3.97. The summed E-state index contributed by atoms with van der Waals surface area (Å²) in [6, 6.07) is 5.60. The molecule has 10 heteroatoms. The number of methoxy groups -OCH3 is 2. The van der Waals surface area contributed by atoms with Gasteiger partial charge in [-0.15, -0.1) is 11.6 Å². The number of aromatic nitrogens is 3. The van der Waals surface area contributed by atoms with E-state index in [0.29, 0.717) is 52.6 Å². The van der Waals surface area contributed by atoms with Crippen LogP contribution >= 0.6 is 23.2 Å².